The van der Waals surface area contributed by atoms with Crippen molar-refractivity contribution in [1.82, 2.24) is 0 Å². The van der Waals surface area contributed by atoms with Crippen LogP contribution in [0, 0.1) is 0 Å². The van der Waals surface area contributed by atoms with Crippen LogP contribution >= 0.6 is 27.5 Å². The fraction of sp³-hybridized carbons (Fsp3) is 0.133. The lowest BCUT2D eigenvalue weighted by molar-refractivity contribution is -0.122. The molecule has 0 aliphatic rings. The summed E-state index contributed by atoms with van der Waals surface area (Å²) in [4.78, 5) is 12.0. The van der Waals surface area contributed by atoms with Crippen LogP contribution in [-0.4, -0.2) is 12.0 Å². The van der Waals surface area contributed by atoms with Crippen LogP contribution in [0.3, 0.4) is 0 Å². The molecule has 3 nitrogen and oxygen atoms in total. The second-order valence-corrected chi connectivity index (χ2v) is 5.57. The van der Waals surface area contributed by atoms with Crippen LogP contribution in [0.15, 0.2) is 53.0 Å². The molecule has 0 heterocycles. The van der Waals surface area contributed by atoms with E-state index < -0.39 is 6.10 Å². The third-order valence-corrected chi connectivity index (χ3v) is 3.30. The summed E-state index contributed by atoms with van der Waals surface area (Å²) in [7, 11) is 0. The fourth-order valence-corrected chi connectivity index (χ4v) is 2.19. The number of hydrogen-bond acceptors (Lipinski definition) is 2. The highest BCUT2D eigenvalue weighted by Crippen LogP contribution is 2.19. The number of hydrogen-bond donors (Lipinski definition) is 1. The zero-order chi connectivity index (χ0) is 14.5. The maximum Gasteiger partial charge on any atom is 0.265 e. The number of nitrogens with one attached hydrogen (secondary N) is 1. The molecular formula is C15H13BrClNO2. The van der Waals surface area contributed by atoms with Gasteiger partial charge < -0.3 is 10.1 Å². The van der Waals surface area contributed by atoms with Gasteiger partial charge in [-0.2, -0.15) is 0 Å². The van der Waals surface area contributed by atoms with Crippen LogP contribution in [0.5, 0.6) is 5.75 Å². The maximum atomic E-state index is 12.0. The highest BCUT2D eigenvalue weighted by molar-refractivity contribution is 9.10. The third kappa shape index (κ3) is 4.25. The van der Waals surface area contributed by atoms with Crippen LogP contribution in [0.2, 0.25) is 5.02 Å². The smallest absolute Gasteiger partial charge is 0.265 e. The van der Waals surface area contributed by atoms with Crippen molar-refractivity contribution in [3.63, 3.8) is 0 Å². The van der Waals surface area contributed by atoms with Crippen molar-refractivity contribution in [3.05, 3.63) is 58.0 Å². The summed E-state index contributed by atoms with van der Waals surface area (Å²) in [5, 5.41) is 3.36. The molecule has 2 aromatic carbocycles. The Labute approximate surface area is 131 Å². The van der Waals surface area contributed by atoms with Gasteiger partial charge in [0.05, 0.1) is 0 Å². The molecule has 1 N–H and O–H groups in total. The van der Waals surface area contributed by atoms with Gasteiger partial charge >= 0.3 is 0 Å². The van der Waals surface area contributed by atoms with E-state index >= 15 is 0 Å². The molecule has 0 spiro atoms. The van der Waals surface area contributed by atoms with E-state index in [4.69, 9.17) is 16.3 Å². The maximum absolute atomic E-state index is 12.0. The normalized spacial score (nSPS) is 11.8. The number of rotatable bonds is 4. The predicted molar refractivity (Wildman–Crippen MR) is 84.3 cm³/mol. The fourth-order valence-electron chi connectivity index (χ4n) is 1.61. The Bertz CT molecular complexity index is 618. The predicted octanol–water partition coefficient (Wildman–Crippen LogP) is 4.51. The lowest BCUT2D eigenvalue weighted by atomic mass is 10.3. The summed E-state index contributed by atoms with van der Waals surface area (Å²) in [6.45, 7) is 1.69. The van der Waals surface area contributed by atoms with Gasteiger partial charge in [-0.1, -0.05) is 39.7 Å². The minimum Gasteiger partial charge on any atom is -0.481 e. The van der Waals surface area contributed by atoms with Crippen molar-refractivity contribution in [2.45, 2.75) is 13.0 Å². The van der Waals surface area contributed by atoms with Gasteiger partial charge in [-0.3, -0.25) is 4.79 Å². The monoisotopic (exact) mass is 353 g/mol. The molecule has 104 valence electrons. The molecule has 2 rings (SSSR count). The topological polar surface area (TPSA) is 38.3 Å². The lowest BCUT2D eigenvalue weighted by Crippen LogP contribution is -2.30. The van der Waals surface area contributed by atoms with E-state index in [0.717, 1.165) is 4.47 Å². The molecule has 0 bridgehead atoms. The van der Waals surface area contributed by atoms with Gasteiger partial charge in [0.2, 0.25) is 0 Å². The summed E-state index contributed by atoms with van der Waals surface area (Å²) < 4.78 is 6.45. The summed E-state index contributed by atoms with van der Waals surface area (Å²) in [5.41, 5.74) is 0.714. The Morgan fingerprint density at radius 2 is 2.00 bits per heavy atom. The van der Waals surface area contributed by atoms with Gasteiger partial charge in [0, 0.05) is 15.2 Å². The standard InChI is InChI=1S/C15H13BrClNO2/c1-10(20-14-7-3-5-12(17)9-14)15(19)18-13-6-2-4-11(16)8-13/h2-10H,1H3,(H,18,19). The van der Waals surface area contributed by atoms with Crippen molar-refractivity contribution in [3.8, 4) is 5.75 Å². The molecule has 0 fully saturated rings. The number of ether oxygens (including phenoxy) is 1. The van der Waals surface area contributed by atoms with E-state index in [1.54, 1.807) is 31.2 Å². The van der Waals surface area contributed by atoms with Gasteiger partial charge in [0.15, 0.2) is 6.10 Å². The average molecular weight is 355 g/mol. The van der Waals surface area contributed by atoms with E-state index in [1.807, 2.05) is 24.3 Å². The Kier molecular flexibility index (Phi) is 5.04. The quantitative estimate of drug-likeness (QED) is 0.877. The van der Waals surface area contributed by atoms with E-state index in [0.29, 0.717) is 16.5 Å². The summed E-state index contributed by atoms with van der Waals surface area (Å²) in [6.07, 6.45) is -0.618. The molecule has 0 aromatic heterocycles. The van der Waals surface area contributed by atoms with Gasteiger partial charge in [-0.25, -0.2) is 0 Å². The number of amides is 1. The molecule has 0 saturated carbocycles. The average Bonchev–Trinajstić information content (AvgIpc) is 2.38. The van der Waals surface area contributed by atoms with Gasteiger partial charge in [0.25, 0.3) is 5.91 Å². The first kappa shape index (κ1) is 14.9. The molecule has 0 aliphatic heterocycles. The first-order chi connectivity index (χ1) is 9.54. The molecule has 2 aromatic rings. The molecule has 20 heavy (non-hydrogen) atoms. The highest BCUT2D eigenvalue weighted by atomic mass is 79.9. The number of carbonyl (C=O) groups excluding carboxylic acids is 1. The van der Waals surface area contributed by atoms with Crippen molar-refractivity contribution >= 4 is 39.1 Å². The van der Waals surface area contributed by atoms with Crippen LogP contribution < -0.4 is 10.1 Å². The van der Waals surface area contributed by atoms with Gasteiger partial charge in [-0.05, 0) is 43.3 Å². The summed E-state index contributed by atoms with van der Waals surface area (Å²) in [6, 6.07) is 14.3. The minimum atomic E-state index is -0.618. The van der Waals surface area contributed by atoms with E-state index in [2.05, 4.69) is 21.2 Å². The highest BCUT2D eigenvalue weighted by Gasteiger charge is 2.15. The van der Waals surface area contributed by atoms with E-state index in [1.165, 1.54) is 0 Å². The Hall–Kier alpha value is -1.52. The summed E-state index contributed by atoms with van der Waals surface area (Å²) in [5.74, 6) is 0.345. The lowest BCUT2D eigenvalue weighted by Gasteiger charge is -2.15. The molecule has 1 unspecified atom stereocenters. The second-order valence-electron chi connectivity index (χ2n) is 4.22. The Balaban J connectivity index is 1.98. The van der Waals surface area contributed by atoms with Crippen molar-refractivity contribution in [2.24, 2.45) is 0 Å². The molecule has 1 atom stereocenters. The largest absolute Gasteiger partial charge is 0.481 e. The first-order valence-corrected chi connectivity index (χ1v) is 7.20. The molecular weight excluding hydrogens is 342 g/mol. The minimum absolute atomic E-state index is 0.219. The van der Waals surface area contributed by atoms with Crippen LogP contribution in [0.25, 0.3) is 0 Å². The first-order valence-electron chi connectivity index (χ1n) is 6.03. The third-order valence-electron chi connectivity index (χ3n) is 2.57. The number of halogens is 2. The van der Waals surface area contributed by atoms with Crippen LogP contribution in [0.4, 0.5) is 5.69 Å². The van der Waals surface area contributed by atoms with Gasteiger partial charge in [-0.15, -0.1) is 0 Å². The zero-order valence-electron chi connectivity index (χ0n) is 10.8. The molecule has 0 saturated heterocycles. The van der Waals surface area contributed by atoms with E-state index in [9.17, 15) is 4.79 Å². The van der Waals surface area contributed by atoms with E-state index in [-0.39, 0.29) is 5.91 Å². The zero-order valence-corrected chi connectivity index (χ0v) is 13.1. The molecule has 0 aliphatic carbocycles. The van der Waals surface area contributed by atoms with Crippen LogP contribution in [-0.2, 0) is 4.79 Å². The van der Waals surface area contributed by atoms with Crippen molar-refractivity contribution in [1.29, 1.82) is 0 Å². The van der Waals surface area contributed by atoms with Crippen LogP contribution in [0.1, 0.15) is 6.92 Å². The Morgan fingerprint density at radius 1 is 1.25 bits per heavy atom. The number of carbonyl (C=O) groups is 1. The van der Waals surface area contributed by atoms with Crippen molar-refractivity contribution in [2.75, 3.05) is 5.32 Å². The number of anilines is 1. The molecule has 0 radical (unpaired) electrons. The Morgan fingerprint density at radius 3 is 2.70 bits per heavy atom. The second kappa shape index (κ2) is 6.77. The molecule has 5 heteroatoms. The SMILES string of the molecule is CC(Oc1cccc(Cl)c1)C(=O)Nc1cccc(Br)c1. The van der Waals surface area contributed by atoms with Crippen molar-refractivity contribution < 1.29 is 9.53 Å². The molecule has 1 amide bonds. The van der Waals surface area contributed by atoms with Gasteiger partial charge in [0.1, 0.15) is 5.75 Å². The summed E-state index contributed by atoms with van der Waals surface area (Å²) >= 11 is 9.22. The number of benzene rings is 2.